The number of hydrogen-bond acceptors (Lipinski definition) is 4. The molecule has 0 N–H and O–H groups in total. The van der Waals surface area contributed by atoms with Gasteiger partial charge in [-0.05, 0) is 60.6 Å². The summed E-state index contributed by atoms with van der Waals surface area (Å²) in [5, 5.41) is 0.628. The number of aromatic nitrogens is 1. The summed E-state index contributed by atoms with van der Waals surface area (Å²) in [6, 6.07) is 17.2. The van der Waals surface area contributed by atoms with Crippen molar-refractivity contribution in [2.24, 2.45) is 0 Å². The number of hydrogen-bond donors (Lipinski definition) is 0. The van der Waals surface area contributed by atoms with Crippen LogP contribution in [0.5, 0.6) is 0 Å². The summed E-state index contributed by atoms with van der Waals surface area (Å²) in [5.41, 5.74) is 2.43. The molecule has 0 saturated carbocycles. The molecule has 4 rings (SSSR count). The van der Waals surface area contributed by atoms with Gasteiger partial charge in [0.1, 0.15) is 11.6 Å². The molecular weight excluding hydrogens is 427 g/mol. The maximum atomic E-state index is 13.5. The third-order valence-corrected chi connectivity index (χ3v) is 5.94. The molecule has 3 aromatic rings. The van der Waals surface area contributed by atoms with Gasteiger partial charge in [-0.2, -0.15) is 0 Å². The van der Waals surface area contributed by atoms with Crippen LogP contribution in [0.1, 0.15) is 11.1 Å². The Hall–Kier alpha value is -2.96. The summed E-state index contributed by atoms with van der Waals surface area (Å²) in [7, 11) is 2.12. The molecule has 1 fully saturated rings. The number of anilines is 2. The van der Waals surface area contributed by atoms with E-state index in [4.69, 9.17) is 11.6 Å². The average Bonchev–Trinajstić information content (AvgIpc) is 2.81. The maximum Gasteiger partial charge on any atom is 0.231 e. The van der Waals surface area contributed by atoms with E-state index in [0.29, 0.717) is 17.3 Å². The zero-order chi connectivity index (χ0) is 22.5. The van der Waals surface area contributed by atoms with Gasteiger partial charge in [0, 0.05) is 43.1 Å². The summed E-state index contributed by atoms with van der Waals surface area (Å²) in [6.07, 6.45) is 2.04. The number of piperazine rings is 1. The van der Waals surface area contributed by atoms with Crippen LogP contribution in [0.2, 0.25) is 5.02 Å². The number of carbonyl (C=O) groups excluding carboxylic acids is 1. The van der Waals surface area contributed by atoms with Gasteiger partial charge >= 0.3 is 0 Å². The molecule has 166 valence electrons. The summed E-state index contributed by atoms with van der Waals surface area (Å²) in [4.78, 5) is 24.1. The van der Waals surface area contributed by atoms with Crippen LogP contribution < -0.4 is 9.80 Å². The van der Waals surface area contributed by atoms with Gasteiger partial charge in [0.15, 0.2) is 0 Å². The van der Waals surface area contributed by atoms with E-state index in [2.05, 4.69) is 21.8 Å². The van der Waals surface area contributed by atoms with Crippen LogP contribution in [0.25, 0.3) is 0 Å². The topological polar surface area (TPSA) is 39.7 Å². The fourth-order valence-electron chi connectivity index (χ4n) is 3.73. The number of carbonyl (C=O) groups is 1. The fourth-order valence-corrected chi connectivity index (χ4v) is 3.86. The Balaban J connectivity index is 1.51. The van der Waals surface area contributed by atoms with Gasteiger partial charge in [0.2, 0.25) is 5.91 Å². The highest BCUT2D eigenvalue weighted by Crippen LogP contribution is 2.21. The Labute approximate surface area is 193 Å². The van der Waals surface area contributed by atoms with Crippen LogP contribution in [0.4, 0.5) is 15.9 Å². The first kappa shape index (κ1) is 22.2. The molecule has 0 atom stereocenters. The van der Waals surface area contributed by atoms with Crippen LogP contribution in [-0.2, 0) is 17.8 Å². The number of rotatable bonds is 6. The second-order valence-corrected chi connectivity index (χ2v) is 8.51. The first-order valence-corrected chi connectivity index (χ1v) is 11.0. The molecule has 1 aromatic heterocycles. The third kappa shape index (κ3) is 5.64. The number of pyridine rings is 1. The van der Waals surface area contributed by atoms with Crippen molar-refractivity contribution in [3.05, 3.63) is 88.8 Å². The predicted octanol–water partition coefficient (Wildman–Crippen LogP) is 4.40. The Morgan fingerprint density at radius 2 is 1.62 bits per heavy atom. The Morgan fingerprint density at radius 3 is 2.25 bits per heavy atom. The van der Waals surface area contributed by atoms with E-state index in [-0.39, 0.29) is 18.1 Å². The lowest BCUT2D eigenvalue weighted by Gasteiger charge is -2.33. The molecule has 32 heavy (non-hydrogen) atoms. The highest BCUT2D eigenvalue weighted by molar-refractivity contribution is 6.30. The van der Waals surface area contributed by atoms with Crippen molar-refractivity contribution in [1.29, 1.82) is 0 Å². The molecule has 5 nitrogen and oxygen atoms in total. The summed E-state index contributed by atoms with van der Waals surface area (Å²) in [6.45, 7) is 4.28. The van der Waals surface area contributed by atoms with Crippen LogP contribution >= 0.6 is 11.6 Å². The van der Waals surface area contributed by atoms with Crippen molar-refractivity contribution in [3.8, 4) is 0 Å². The standard InChI is InChI=1S/C25H26ClFN4O/c1-29-12-14-30(15-13-29)24-11-4-20(17-28-24)18-31(23-9-7-22(27)8-10-23)25(32)16-19-2-5-21(26)6-3-19/h2-11,17H,12-16,18H2,1H3. The second kappa shape index (κ2) is 10.1. The van der Waals surface area contributed by atoms with Gasteiger partial charge in [-0.15, -0.1) is 0 Å². The first-order chi connectivity index (χ1) is 15.5. The summed E-state index contributed by atoms with van der Waals surface area (Å²) in [5.74, 6) is 0.529. The fraction of sp³-hybridized carbons (Fsp3) is 0.280. The molecule has 1 amide bonds. The van der Waals surface area contributed by atoms with E-state index >= 15 is 0 Å². The smallest absolute Gasteiger partial charge is 0.231 e. The highest BCUT2D eigenvalue weighted by atomic mass is 35.5. The van der Waals surface area contributed by atoms with Crippen molar-refractivity contribution in [3.63, 3.8) is 0 Å². The van der Waals surface area contributed by atoms with E-state index < -0.39 is 0 Å². The second-order valence-electron chi connectivity index (χ2n) is 8.07. The number of benzene rings is 2. The number of likely N-dealkylation sites (N-methyl/N-ethyl adjacent to an activating group) is 1. The number of nitrogens with zero attached hydrogens (tertiary/aromatic N) is 4. The van der Waals surface area contributed by atoms with Gasteiger partial charge in [-0.25, -0.2) is 9.37 Å². The molecule has 2 aromatic carbocycles. The third-order valence-electron chi connectivity index (χ3n) is 5.69. The van der Waals surface area contributed by atoms with E-state index in [0.717, 1.165) is 43.1 Å². The molecular formula is C25H26ClFN4O. The zero-order valence-electron chi connectivity index (χ0n) is 18.0. The molecule has 7 heteroatoms. The zero-order valence-corrected chi connectivity index (χ0v) is 18.8. The minimum Gasteiger partial charge on any atom is -0.354 e. The van der Waals surface area contributed by atoms with E-state index in [1.165, 1.54) is 12.1 Å². The van der Waals surface area contributed by atoms with Gasteiger partial charge in [-0.1, -0.05) is 29.8 Å². The lowest BCUT2D eigenvalue weighted by atomic mass is 10.1. The predicted molar refractivity (Wildman–Crippen MR) is 127 cm³/mol. The van der Waals surface area contributed by atoms with Gasteiger partial charge in [-0.3, -0.25) is 4.79 Å². The molecule has 0 bridgehead atoms. The van der Waals surface area contributed by atoms with Crippen molar-refractivity contribution >= 4 is 29.0 Å². The molecule has 0 unspecified atom stereocenters. The SMILES string of the molecule is CN1CCN(c2ccc(CN(C(=O)Cc3ccc(Cl)cc3)c3ccc(F)cc3)cn2)CC1. The molecule has 0 aliphatic carbocycles. The minimum absolute atomic E-state index is 0.0814. The van der Waals surface area contributed by atoms with Crippen LogP contribution in [0.3, 0.4) is 0 Å². The largest absolute Gasteiger partial charge is 0.354 e. The number of halogens is 2. The van der Waals surface area contributed by atoms with E-state index in [1.807, 2.05) is 30.5 Å². The van der Waals surface area contributed by atoms with E-state index in [9.17, 15) is 9.18 Å². The van der Waals surface area contributed by atoms with E-state index in [1.54, 1.807) is 29.2 Å². The quantitative estimate of drug-likeness (QED) is 0.555. The van der Waals surface area contributed by atoms with Crippen molar-refractivity contribution in [2.45, 2.75) is 13.0 Å². The normalized spacial score (nSPS) is 14.4. The molecule has 1 aliphatic rings. The molecule has 0 radical (unpaired) electrons. The monoisotopic (exact) mass is 452 g/mol. The van der Waals surface area contributed by atoms with Crippen molar-refractivity contribution in [2.75, 3.05) is 43.0 Å². The summed E-state index contributed by atoms with van der Waals surface area (Å²) < 4.78 is 13.5. The van der Waals surface area contributed by atoms with Crippen molar-refractivity contribution in [1.82, 2.24) is 9.88 Å². The average molecular weight is 453 g/mol. The molecule has 1 aliphatic heterocycles. The number of amides is 1. The summed E-state index contributed by atoms with van der Waals surface area (Å²) >= 11 is 5.96. The first-order valence-electron chi connectivity index (χ1n) is 10.7. The Morgan fingerprint density at radius 1 is 0.969 bits per heavy atom. The Bertz CT molecular complexity index is 1030. The molecule has 1 saturated heterocycles. The lowest BCUT2D eigenvalue weighted by molar-refractivity contribution is -0.118. The minimum atomic E-state index is -0.336. The van der Waals surface area contributed by atoms with Crippen LogP contribution in [0, 0.1) is 5.82 Å². The van der Waals surface area contributed by atoms with Crippen LogP contribution in [0.15, 0.2) is 66.9 Å². The van der Waals surface area contributed by atoms with Crippen molar-refractivity contribution < 1.29 is 9.18 Å². The van der Waals surface area contributed by atoms with Crippen LogP contribution in [-0.4, -0.2) is 49.0 Å². The van der Waals surface area contributed by atoms with Gasteiger partial charge < -0.3 is 14.7 Å². The Kier molecular flexibility index (Phi) is 7.02. The highest BCUT2D eigenvalue weighted by Gasteiger charge is 2.19. The van der Waals surface area contributed by atoms with Gasteiger partial charge in [0.25, 0.3) is 0 Å². The molecule has 2 heterocycles. The van der Waals surface area contributed by atoms with Gasteiger partial charge in [0.05, 0.1) is 13.0 Å². The maximum absolute atomic E-state index is 13.5. The molecule has 0 spiro atoms. The lowest BCUT2D eigenvalue weighted by Crippen LogP contribution is -2.44.